The van der Waals surface area contributed by atoms with Crippen molar-refractivity contribution in [2.24, 2.45) is 0 Å². The first-order valence-electron chi connectivity index (χ1n) is 5.88. The number of anilines is 1. The summed E-state index contributed by atoms with van der Waals surface area (Å²) in [4.78, 5) is 0. The maximum absolute atomic E-state index is 9.27. The van der Waals surface area contributed by atoms with Gasteiger partial charge in [0.1, 0.15) is 5.75 Å². The number of halogens is 1. The molecule has 0 saturated heterocycles. The van der Waals surface area contributed by atoms with Crippen molar-refractivity contribution in [3.8, 4) is 5.75 Å². The molecule has 2 aromatic carbocycles. The van der Waals surface area contributed by atoms with Crippen LogP contribution >= 0.6 is 11.6 Å². The highest BCUT2D eigenvalue weighted by Crippen LogP contribution is 2.27. The number of aromatic hydroxyl groups is 1. The zero-order chi connectivity index (χ0) is 13.1. The van der Waals surface area contributed by atoms with Crippen molar-refractivity contribution in [1.82, 2.24) is 0 Å². The molecule has 18 heavy (non-hydrogen) atoms. The normalized spacial score (nSPS) is 12.2. The van der Waals surface area contributed by atoms with Crippen molar-refractivity contribution >= 4 is 17.3 Å². The van der Waals surface area contributed by atoms with E-state index in [4.69, 9.17) is 11.6 Å². The first-order chi connectivity index (χ1) is 8.58. The van der Waals surface area contributed by atoms with E-state index in [2.05, 4.69) is 12.2 Å². The fraction of sp³-hybridized carbons (Fsp3) is 0.200. The molecule has 0 aliphatic carbocycles. The molecule has 0 amide bonds. The van der Waals surface area contributed by atoms with Gasteiger partial charge in [-0.3, -0.25) is 0 Å². The van der Waals surface area contributed by atoms with Gasteiger partial charge in [0.05, 0.1) is 0 Å². The number of hydrogen-bond donors (Lipinski definition) is 2. The van der Waals surface area contributed by atoms with Gasteiger partial charge in [-0.05, 0) is 49.2 Å². The predicted molar refractivity (Wildman–Crippen MR) is 76.3 cm³/mol. The number of rotatable bonds is 3. The molecule has 0 aliphatic rings. The van der Waals surface area contributed by atoms with Crippen LogP contribution in [0.5, 0.6) is 5.75 Å². The van der Waals surface area contributed by atoms with Crippen LogP contribution in [0, 0.1) is 6.92 Å². The number of benzene rings is 2. The molecule has 2 aromatic rings. The number of phenolic OH excluding ortho intramolecular Hbond substituents is 1. The second kappa shape index (κ2) is 5.32. The molecule has 0 bridgehead atoms. The van der Waals surface area contributed by atoms with E-state index >= 15 is 0 Å². The minimum absolute atomic E-state index is 0.155. The van der Waals surface area contributed by atoms with Crippen molar-refractivity contribution in [2.75, 3.05) is 5.32 Å². The Morgan fingerprint density at radius 1 is 1.11 bits per heavy atom. The molecule has 94 valence electrons. The van der Waals surface area contributed by atoms with Crippen LogP contribution in [0.3, 0.4) is 0 Å². The van der Waals surface area contributed by atoms with Gasteiger partial charge >= 0.3 is 0 Å². The average Bonchev–Trinajstić information content (AvgIpc) is 2.36. The van der Waals surface area contributed by atoms with Crippen LogP contribution in [-0.2, 0) is 0 Å². The minimum Gasteiger partial charge on any atom is -0.508 e. The molecule has 0 radical (unpaired) electrons. The summed E-state index contributed by atoms with van der Waals surface area (Å²) in [7, 11) is 0. The Labute approximate surface area is 112 Å². The third kappa shape index (κ3) is 2.77. The first kappa shape index (κ1) is 12.8. The lowest BCUT2D eigenvalue weighted by molar-refractivity contribution is 0.475. The quantitative estimate of drug-likeness (QED) is 0.851. The SMILES string of the molecule is Cc1c(Cl)cccc1NC(C)c1ccc(O)cc1. The molecular formula is C15H16ClNO. The second-order valence-electron chi connectivity index (χ2n) is 4.37. The molecule has 0 heterocycles. The lowest BCUT2D eigenvalue weighted by atomic mass is 10.1. The summed E-state index contributed by atoms with van der Waals surface area (Å²) in [6.45, 7) is 4.07. The third-order valence-electron chi connectivity index (χ3n) is 3.03. The summed E-state index contributed by atoms with van der Waals surface area (Å²) in [5, 5.41) is 13.5. The molecular weight excluding hydrogens is 246 g/mol. The molecule has 0 fully saturated rings. The lowest BCUT2D eigenvalue weighted by Crippen LogP contribution is -2.07. The molecule has 0 aliphatic heterocycles. The molecule has 0 saturated carbocycles. The Morgan fingerprint density at radius 3 is 2.44 bits per heavy atom. The van der Waals surface area contributed by atoms with Crippen LogP contribution in [0.1, 0.15) is 24.1 Å². The highest BCUT2D eigenvalue weighted by molar-refractivity contribution is 6.31. The Bertz CT molecular complexity index is 537. The zero-order valence-corrected chi connectivity index (χ0v) is 11.2. The van der Waals surface area contributed by atoms with E-state index in [1.807, 2.05) is 37.3 Å². The van der Waals surface area contributed by atoms with Gasteiger partial charge < -0.3 is 10.4 Å². The predicted octanol–water partition coefficient (Wildman–Crippen LogP) is 4.53. The fourth-order valence-corrected chi connectivity index (χ4v) is 2.02. The Balaban J connectivity index is 2.18. The molecule has 1 atom stereocenters. The monoisotopic (exact) mass is 261 g/mol. The van der Waals surface area contributed by atoms with E-state index in [0.29, 0.717) is 0 Å². The van der Waals surface area contributed by atoms with Gasteiger partial charge in [0.25, 0.3) is 0 Å². The summed E-state index contributed by atoms with van der Waals surface area (Å²) in [5.41, 5.74) is 3.19. The molecule has 1 unspecified atom stereocenters. The average molecular weight is 262 g/mol. The lowest BCUT2D eigenvalue weighted by Gasteiger charge is -2.18. The fourth-order valence-electron chi connectivity index (χ4n) is 1.84. The molecule has 2 rings (SSSR count). The van der Waals surface area contributed by atoms with E-state index in [1.54, 1.807) is 12.1 Å². The maximum atomic E-state index is 9.27. The van der Waals surface area contributed by atoms with Crippen LogP contribution in [0.25, 0.3) is 0 Å². The van der Waals surface area contributed by atoms with E-state index in [-0.39, 0.29) is 11.8 Å². The van der Waals surface area contributed by atoms with E-state index < -0.39 is 0 Å². The van der Waals surface area contributed by atoms with Crippen molar-refractivity contribution in [1.29, 1.82) is 0 Å². The first-order valence-corrected chi connectivity index (χ1v) is 6.26. The zero-order valence-electron chi connectivity index (χ0n) is 10.4. The molecule has 2 N–H and O–H groups in total. The van der Waals surface area contributed by atoms with Crippen LogP contribution < -0.4 is 5.32 Å². The minimum atomic E-state index is 0.155. The van der Waals surface area contributed by atoms with Gasteiger partial charge in [-0.25, -0.2) is 0 Å². The smallest absolute Gasteiger partial charge is 0.115 e. The largest absolute Gasteiger partial charge is 0.508 e. The van der Waals surface area contributed by atoms with Crippen LogP contribution in [0.4, 0.5) is 5.69 Å². The van der Waals surface area contributed by atoms with Crippen LogP contribution in [0.15, 0.2) is 42.5 Å². The number of hydrogen-bond acceptors (Lipinski definition) is 2. The van der Waals surface area contributed by atoms with Crippen molar-refractivity contribution in [3.63, 3.8) is 0 Å². The van der Waals surface area contributed by atoms with Crippen LogP contribution in [-0.4, -0.2) is 5.11 Å². The highest BCUT2D eigenvalue weighted by Gasteiger charge is 2.08. The summed E-state index contributed by atoms with van der Waals surface area (Å²) in [6, 6.07) is 13.2. The highest BCUT2D eigenvalue weighted by atomic mass is 35.5. The summed E-state index contributed by atoms with van der Waals surface area (Å²) in [6.07, 6.45) is 0. The van der Waals surface area contributed by atoms with Crippen molar-refractivity contribution in [2.45, 2.75) is 19.9 Å². The standard InChI is InChI=1S/C15H16ClNO/c1-10-14(16)4-3-5-15(10)17-11(2)12-6-8-13(18)9-7-12/h3-9,11,17-18H,1-2H3. The number of nitrogens with one attached hydrogen (secondary N) is 1. The second-order valence-corrected chi connectivity index (χ2v) is 4.78. The molecule has 3 heteroatoms. The van der Waals surface area contributed by atoms with E-state index in [1.165, 1.54) is 0 Å². The maximum Gasteiger partial charge on any atom is 0.115 e. The van der Waals surface area contributed by atoms with Gasteiger partial charge in [-0.2, -0.15) is 0 Å². The molecule has 0 spiro atoms. The van der Waals surface area contributed by atoms with Gasteiger partial charge in [0.15, 0.2) is 0 Å². The van der Waals surface area contributed by atoms with Gasteiger partial charge in [-0.15, -0.1) is 0 Å². The Hall–Kier alpha value is -1.67. The van der Waals surface area contributed by atoms with E-state index in [0.717, 1.165) is 21.8 Å². The summed E-state index contributed by atoms with van der Waals surface area (Å²) in [5.74, 6) is 0.282. The number of phenols is 1. The summed E-state index contributed by atoms with van der Waals surface area (Å²) < 4.78 is 0. The third-order valence-corrected chi connectivity index (χ3v) is 3.44. The van der Waals surface area contributed by atoms with Gasteiger partial charge in [0.2, 0.25) is 0 Å². The van der Waals surface area contributed by atoms with Gasteiger partial charge in [0, 0.05) is 16.8 Å². The van der Waals surface area contributed by atoms with Crippen LogP contribution in [0.2, 0.25) is 5.02 Å². The van der Waals surface area contributed by atoms with Gasteiger partial charge in [-0.1, -0.05) is 29.8 Å². The Morgan fingerprint density at radius 2 is 1.78 bits per heavy atom. The molecule has 0 aromatic heterocycles. The van der Waals surface area contributed by atoms with Crippen molar-refractivity contribution in [3.05, 3.63) is 58.6 Å². The summed E-state index contributed by atoms with van der Waals surface area (Å²) >= 11 is 6.09. The Kier molecular flexibility index (Phi) is 3.78. The topological polar surface area (TPSA) is 32.3 Å². The molecule has 2 nitrogen and oxygen atoms in total. The van der Waals surface area contributed by atoms with E-state index in [9.17, 15) is 5.11 Å². The van der Waals surface area contributed by atoms with Crippen molar-refractivity contribution < 1.29 is 5.11 Å².